The van der Waals surface area contributed by atoms with E-state index in [0.29, 0.717) is 36.4 Å². The number of carbonyl (C=O) groups is 1. The molecule has 1 atom stereocenters. The third-order valence-corrected chi connectivity index (χ3v) is 4.38. The number of halogens is 3. The number of benzene rings is 1. The number of likely N-dealkylation sites (N-methyl/N-ethyl adjacent to an activating group) is 1. The molecule has 138 valence electrons. The van der Waals surface area contributed by atoms with Crippen molar-refractivity contribution in [3.05, 3.63) is 47.8 Å². The van der Waals surface area contributed by atoms with E-state index in [1.165, 1.54) is 18.0 Å². The minimum atomic E-state index is -4.53. The number of carboxylic acid groups (broad SMARTS) is 1. The molecule has 3 rings (SSSR count). The van der Waals surface area contributed by atoms with Crippen LogP contribution in [0.5, 0.6) is 5.75 Å². The number of amides is 1. The van der Waals surface area contributed by atoms with E-state index in [1.54, 1.807) is 12.1 Å². The third kappa shape index (κ3) is 3.58. The zero-order chi connectivity index (χ0) is 18.9. The molecule has 1 amide bonds. The number of para-hydroxylation sites is 1. The van der Waals surface area contributed by atoms with Gasteiger partial charge in [-0.3, -0.25) is 4.98 Å². The molecule has 1 N–H and O–H groups in total. The Morgan fingerprint density at radius 2 is 2.15 bits per heavy atom. The van der Waals surface area contributed by atoms with Crippen LogP contribution in [0.1, 0.15) is 23.6 Å². The first-order valence-electron chi connectivity index (χ1n) is 8.00. The van der Waals surface area contributed by atoms with E-state index in [4.69, 9.17) is 9.84 Å². The van der Waals surface area contributed by atoms with E-state index in [0.717, 1.165) is 17.8 Å². The first kappa shape index (κ1) is 18.0. The van der Waals surface area contributed by atoms with Crippen molar-refractivity contribution >= 4 is 6.09 Å². The van der Waals surface area contributed by atoms with Crippen LogP contribution in [0.15, 0.2) is 36.5 Å². The molecular formula is C18H17F3N2O3. The summed E-state index contributed by atoms with van der Waals surface area (Å²) in [6, 6.07) is 7.75. The van der Waals surface area contributed by atoms with Crippen LogP contribution in [-0.2, 0) is 6.18 Å². The van der Waals surface area contributed by atoms with Gasteiger partial charge in [0.05, 0.1) is 6.61 Å². The minimum absolute atomic E-state index is 0.0799. The molecule has 2 heterocycles. The van der Waals surface area contributed by atoms with E-state index in [-0.39, 0.29) is 5.92 Å². The van der Waals surface area contributed by atoms with Crippen LogP contribution in [-0.4, -0.2) is 41.3 Å². The maximum atomic E-state index is 12.9. The normalized spacial score (nSPS) is 16.5. The van der Waals surface area contributed by atoms with Crippen molar-refractivity contribution in [2.75, 3.05) is 20.2 Å². The van der Waals surface area contributed by atoms with Gasteiger partial charge >= 0.3 is 12.3 Å². The number of pyridine rings is 1. The van der Waals surface area contributed by atoms with Gasteiger partial charge in [0.2, 0.25) is 0 Å². The summed E-state index contributed by atoms with van der Waals surface area (Å²) in [6.45, 7) is 0.665. The second-order valence-corrected chi connectivity index (χ2v) is 6.15. The Balaban J connectivity index is 2.00. The summed E-state index contributed by atoms with van der Waals surface area (Å²) in [4.78, 5) is 15.7. The molecule has 1 aromatic heterocycles. The molecule has 5 nitrogen and oxygen atoms in total. The lowest BCUT2D eigenvalue weighted by Crippen LogP contribution is -2.31. The van der Waals surface area contributed by atoms with Gasteiger partial charge in [0.15, 0.2) is 0 Å². The zero-order valence-electron chi connectivity index (χ0n) is 14.0. The van der Waals surface area contributed by atoms with Gasteiger partial charge < -0.3 is 14.7 Å². The number of hydrogen-bond acceptors (Lipinski definition) is 3. The van der Waals surface area contributed by atoms with Crippen molar-refractivity contribution in [3.63, 3.8) is 0 Å². The SMILES string of the molecule is CN(CC1CCOc2c(-c3ccnc(C(F)(F)F)c3)cccc21)C(=O)O. The molecule has 0 radical (unpaired) electrons. The lowest BCUT2D eigenvalue weighted by atomic mass is 9.89. The summed E-state index contributed by atoms with van der Waals surface area (Å²) in [5.41, 5.74) is 0.729. The molecule has 1 aromatic carbocycles. The van der Waals surface area contributed by atoms with Gasteiger partial charge in [0, 0.05) is 31.3 Å². The van der Waals surface area contributed by atoms with Crippen molar-refractivity contribution in [2.24, 2.45) is 0 Å². The smallest absolute Gasteiger partial charge is 0.433 e. The van der Waals surface area contributed by atoms with Gasteiger partial charge in [-0.1, -0.05) is 18.2 Å². The quantitative estimate of drug-likeness (QED) is 0.882. The predicted molar refractivity (Wildman–Crippen MR) is 88.2 cm³/mol. The van der Waals surface area contributed by atoms with E-state index in [1.807, 2.05) is 6.07 Å². The second kappa shape index (κ2) is 6.86. The molecule has 2 aromatic rings. The van der Waals surface area contributed by atoms with Crippen LogP contribution in [0.3, 0.4) is 0 Å². The highest BCUT2D eigenvalue weighted by Gasteiger charge is 2.33. The van der Waals surface area contributed by atoms with E-state index < -0.39 is 18.0 Å². The van der Waals surface area contributed by atoms with Crippen molar-refractivity contribution in [1.82, 2.24) is 9.88 Å². The Bertz CT molecular complexity index is 824. The largest absolute Gasteiger partial charge is 0.493 e. The molecule has 0 saturated heterocycles. The fraction of sp³-hybridized carbons (Fsp3) is 0.333. The first-order valence-corrected chi connectivity index (χ1v) is 8.00. The second-order valence-electron chi connectivity index (χ2n) is 6.15. The Kier molecular flexibility index (Phi) is 4.76. The van der Waals surface area contributed by atoms with Gasteiger partial charge in [-0.05, 0) is 29.7 Å². The summed E-state index contributed by atoms with van der Waals surface area (Å²) >= 11 is 0. The number of ether oxygens (including phenoxy) is 1. The first-order chi connectivity index (χ1) is 12.3. The highest BCUT2D eigenvalue weighted by Crippen LogP contribution is 2.42. The van der Waals surface area contributed by atoms with Gasteiger partial charge in [0.1, 0.15) is 11.4 Å². The Morgan fingerprint density at radius 1 is 1.38 bits per heavy atom. The van der Waals surface area contributed by atoms with Crippen molar-refractivity contribution < 1.29 is 27.8 Å². The summed E-state index contributed by atoms with van der Waals surface area (Å²) < 4.78 is 44.6. The number of aromatic nitrogens is 1. The molecule has 26 heavy (non-hydrogen) atoms. The van der Waals surface area contributed by atoms with Gasteiger partial charge in [-0.2, -0.15) is 13.2 Å². The fourth-order valence-corrected chi connectivity index (χ4v) is 3.07. The zero-order valence-corrected chi connectivity index (χ0v) is 14.0. The number of hydrogen-bond donors (Lipinski definition) is 1. The van der Waals surface area contributed by atoms with Crippen LogP contribution in [0.25, 0.3) is 11.1 Å². The van der Waals surface area contributed by atoms with Gasteiger partial charge in [-0.15, -0.1) is 0 Å². The summed E-state index contributed by atoms with van der Waals surface area (Å²) in [5.74, 6) is 0.422. The number of nitrogens with zero attached hydrogens (tertiary/aromatic N) is 2. The van der Waals surface area contributed by atoms with E-state index >= 15 is 0 Å². The van der Waals surface area contributed by atoms with Crippen LogP contribution in [0.2, 0.25) is 0 Å². The standard InChI is InChI=1S/C18H17F3N2O3/c1-23(17(24)25)10-12-6-8-26-16-13(3-2-4-14(12)16)11-5-7-22-15(9-11)18(19,20)21/h2-5,7,9,12H,6,8,10H2,1H3,(H,24,25). The fourth-order valence-electron chi connectivity index (χ4n) is 3.07. The molecule has 1 aliphatic rings. The third-order valence-electron chi connectivity index (χ3n) is 4.38. The number of fused-ring (bicyclic) bond motifs is 1. The average molecular weight is 366 g/mol. The average Bonchev–Trinajstić information content (AvgIpc) is 2.61. The van der Waals surface area contributed by atoms with Crippen molar-refractivity contribution in [2.45, 2.75) is 18.5 Å². The lowest BCUT2D eigenvalue weighted by molar-refractivity contribution is -0.141. The lowest BCUT2D eigenvalue weighted by Gasteiger charge is -2.30. The van der Waals surface area contributed by atoms with E-state index in [2.05, 4.69) is 4.98 Å². The molecule has 0 saturated carbocycles. The highest BCUT2D eigenvalue weighted by atomic mass is 19.4. The molecular weight excluding hydrogens is 349 g/mol. The molecule has 0 fully saturated rings. The summed E-state index contributed by atoms with van der Waals surface area (Å²) in [5, 5.41) is 9.08. The molecule has 0 aliphatic carbocycles. The number of alkyl halides is 3. The van der Waals surface area contributed by atoms with Crippen LogP contribution in [0.4, 0.5) is 18.0 Å². The topological polar surface area (TPSA) is 62.7 Å². The summed E-state index contributed by atoms with van der Waals surface area (Å²) in [7, 11) is 1.49. The van der Waals surface area contributed by atoms with Crippen LogP contribution >= 0.6 is 0 Å². The minimum Gasteiger partial charge on any atom is -0.493 e. The van der Waals surface area contributed by atoms with Crippen LogP contribution < -0.4 is 4.74 Å². The van der Waals surface area contributed by atoms with Gasteiger partial charge in [-0.25, -0.2) is 4.79 Å². The Labute approximate surface area is 148 Å². The Hall–Kier alpha value is -2.77. The molecule has 1 unspecified atom stereocenters. The van der Waals surface area contributed by atoms with Crippen molar-refractivity contribution in [1.29, 1.82) is 0 Å². The predicted octanol–water partition coefficient (Wildman–Crippen LogP) is 4.24. The Morgan fingerprint density at radius 3 is 2.85 bits per heavy atom. The number of rotatable bonds is 3. The van der Waals surface area contributed by atoms with E-state index in [9.17, 15) is 18.0 Å². The molecule has 0 spiro atoms. The maximum absolute atomic E-state index is 12.9. The maximum Gasteiger partial charge on any atom is 0.433 e. The summed E-state index contributed by atoms with van der Waals surface area (Å²) in [6.07, 6.45) is -3.80. The van der Waals surface area contributed by atoms with Gasteiger partial charge in [0.25, 0.3) is 0 Å². The molecule has 8 heteroatoms. The van der Waals surface area contributed by atoms with Crippen LogP contribution in [0, 0.1) is 0 Å². The molecule has 1 aliphatic heterocycles. The monoisotopic (exact) mass is 366 g/mol. The highest BCUT2D eigenvalue weighted by molar-refractivity contribution is 5.73. The molecule has 0 bridgehead atoms. The van der Waals surface area contributed by atoms with Crippen molar-refractivity contribution in [3.8, 4) is 16.9 Å².